The summed E-state index contributed by atoms with van der Waals surface area (Å²) >= 11 is 0. The van der Waals surface area contributed by atoms with Gasteiger partial charge in [-0.1, -0.05) is 30.3 Å². The van der Waals surface area contributed by atoms with Gasteiger partial charge in [0.25, 0.3) is 0 Å². The van der Waals surface area contributed by atoms with Crippen LogP contribution in [-0.2, 0) is 6.42 Å². The third-order valence-corrected chi connectivity index (χ3v) is 3.18. The van der Waals surface area contributed by atoms with Crippen LogP contribution in [0.1, 0.15) is 41.8 Å². The van der Waals surface area contributed by atoms with Crippen LogP contribution in [0.5, 0.6) is 0 Å². The van der Waals surface area contributed by atoms with Crippen LogP contribution < -0.4 is 5.32 Å². The van der Waals surface area contributed by atoms with E-state index in [1.807, 2.05) is 25.1 Å². The Bertz CT molecular complexity index is 562. The summed E-state index contributed by atoms with van der Waals surface area (Å²) in [6.07, 6.45) is 0.914. The Morgan fingerprint density at radius 3 is 2.50 bits per heavy atom. The topological polar surface area (TPSA) is 62.5 Å². The van der Waals surface area contributed by atoms with E-state index in [2.05, 4.69) is 24.4 Å². The van der Waals surface area contributed by atoms with Crippen LogP contribution in [0.25, 0.3) is 0 Å². The largest absolute Gasteiger partial charge is 0.475 e. The molecular weight excluding hydrogens is 254 g/mol. The standard InChI is InChI=1S/C16H19NO3/c1-11(10-13-6-4-3-5-7-13)17-12(2)14-8-9-15(20-14)16(18)19/h3-9,11-12,17H,10H2,1-2H3,(H,18,19). The summed E-state index contributed by atoms with van der Waals surface area (Å²) in [5.74, 6) is -0.424. The Balaban J connectivity index is 1.93. The molecule has 0 bridgehead atoms. The molecule has 2 rings (SSSR count). The molecule has 106 valence electrons. The Morgan fingerprint density at radius 1 is 1.20 bits per heavy atom. The molecule has 2 aromatic rings. The van der Waals surface area contributed by atoms with Crippen LogP contribution in [0.4, 0.5) is 0 Å². The number of rotatable bonds is 6. The molecule has 20 heavy (non-hydrogen) atoms. The van der Waals surface area contributed by atoms with Crippen molar-refractivity contribution in [2.45, 2.75) is 32.4 Å². The fourth-order valence-corrected chi connectivity index (χ4v) is 2.24. The highest BCUT2D eigenvalue weighted by Crippen LogP contribution is 2.17. The number of benzene rings is 1. The van der Waals surface area contributed by atoms with E-state index < -0.39 is 5.97 Å². The lowest BCUT2D eigenvalue weighted by Crippen LogP contribution is -2.30. The predicted molar refractivity (Wildman–Crippen MR) is 76.8 cm³/mol. The molecule has 1 aromatic carbocycles. The fraction of sp³-hybridized carbons (Fsp3) is 0.312. The number of aromatic carboxylic acids is 1. The third-order valence-electron chi connectivity index (χ3n) is 3.18. The summed E-state index contributed by atoms with van der Waals surface area (Å²) in [7, 11) is 0. The first kappa shape index (κ1) is 14.3. The first-order valence-electron chi connectivity index (χ1n) is 6.69. The summed E-state index contributed by atoms with van der Waals surface area (Å²) in [5.41, 5.74) is 1.27. The van der Waals surface area contributed by atoms with Crippen molar-refractivity contribution in [1.82, 2.24) is 5.32 Å². The van der Waals surface area contributed by atoms with Gasteiger partial charge in [-0.25, -0.2) is 4.79 Å². The van der Waals surface area contributed by atoms with Crippen molar-refractivity contribution in [3.63, 3.8) is 0 Å². The van der Waals surface area contributed by atoms with E-state index in [4.69, 9.17) is 9.52 Å². The molecule has 0 saturated heterocycles. The molecule has 0 amide bonds. The molecule has 4 heteroatoms. The number of carboxylic acid groups (broad SMARTS) is 1. The van der Waals surface area contributed by atoms with Crippen molar-refractivity contribution < 1.29 is 14.3 Å². The van der Waals surface area contributed by atoms with Crippen molar-refractivity contribution in [3.8, 4) is 0 Å². The highest BCUT2D eigenvalue weighted by atomic mass is 16.4. The molecular formula is C16H19NO3. The Hall–Kier alpha value is -2.07. The lowest BCUT2D eigenvalue weighted by atomic mass is 10.1. The van der Waals surface area contributed by atoms with Gasteiger partial charge >= 0.3 is 5.97 Å². The molecule has 0 aliphatic carbocycles. The van der Waals surface area contributed by atoms with E-state index >= 15 is 0 Å². The van der Waals surface area contributed by atoms with Crippen LogP contribution in [0, 0.1) is 0 Å². The number of hydrogen-bond acceptors (Lipinski definition) is 3. The normalized spacial score (nSPS) is 13.9. The van der Waals surface area contributed by atoms with Crippen molar-refractivity contribution >= 4 is 5.97 Å². The van der Waals surface area contributed by atoms with E-state index in [-0.39, 0.29) is 17.8 Å². The van der Waals surface area contributed by atoms with E-state index in [0.717, 1.165) is 6.42 Å². The zero-order valence-electron chi connectivity index (χ0n) is 11.7. The molecule has 0 spiro atoms. The lowest BCUT2D eigenvalue weighted by molar-refractivity contribution is 0.0659. The molecule has 2 atom stereocenters. The van der Waals surface area contributed by atoms with E-state index in [1.54, 1.807) is 6.07 Å². The zero-order valence-corrected chi connectivity index (χ0v) is 11.7. The molecule has 2 N–H and O–H groups in total. The fourth-order valence-electron chi connectivity index (χ4n) is 2.24. The van der Waals surface area contributed by atoms with Gasteiger partial charge < -0.3 is 14.8 Å². The molecule has 0 radical (unpaired) electrons. The van der Waals surface area contributed by atoms with Crippen LogP contribution in [-0.4, -0.2) is 17.1 Å². The van der Waals surface area contributed by atoms with E-state index in [1.165, 1.54) is 11.6 Å². The van der Waals surface area contributed by atoms with Gasteiger partial charge in [0.1, 0.15) is 5.76 Å². The van der Waals surface area contributed by atoms with Gasteiger partial charge in [-0.3, -0.25) is 0 Å². The first-order chi connectivity index (χ1) is 9.56. The van der Waals surface area contributed by atoms with Gasteiger partial charge in [-0.05, 0) is 38.0 Å². The van der Waals surface area contributed by atoms with Crippen LogP contribution in [0.15, 0.2) is 46.9 Å². The van der Waals surface area contributed by atoms with Crippen molar-refractivity contribution in [3.05, 3.63) is 59.5 Å². The van der Waals surface area contributed by atoms with Gasteiger partial charge in [-0.15, -0.1) is 0 Å². The lowest BCUT2D eigenvalue weighted by Gasteiger charge is -2.18. The van der Waals surface area contributed by atoms with Gasteiger partial charge in [0, 0.05) is 6.04 Å². The highest BCUT2D eigenvalue weighted by Gasteiger charge is 2.15. The molecule has 0 saturated carbocycles. The van der Waals surface area contributed by atoms with Crippen molar-refractivity contribution in [2.24, 2.45) is 0 Å². The Kier molecular flexibility index (Phi) is 4.58. The first-order valence-corrected chi connectivity index (χ1v) is 6.69. The second-order valence-corrected chi connectivity index (χ2v) is 4.99. The Labute approximate surface area is 118 Å². The van der Waals surface area contributed by atoms with E-state index in [9.17, 15) is 4.79 Å². The number of hydrogen-bond donors (Lipinski definition) is 2. The van der Waals surface area contributed by atoms with Gasteiger partial charge in [-0.2, -0.15) is 0 Å². The maximum absolute atomic E-state index is 10.8. The molecule has 1 heterocycles. The second-order valence-electron chi connectivity index (χ2n) is 4.99. The molecule has 0 aliphatic rings. The average molecular weight is 273 g/mol. The number of carboxylic acids is 1. The second kappa shape index (κ2) is 6.39. The number of nitrogens with one attached hydrogen (secondary N) is 1. The minimum Gasteiger partial charge on any atom is -0.475 e. The minimum absolute atomic E-state index is 0.0237. The molecule has 2 unspecified atom stereocenters. The monoisotopic (exact) mass is 273 g/mol. The number of furan rings is 1. The highest BCUT2D eigenvalue weighted by molar-refractivity contribution is 5.84. The predicted octanol–water partition coefficient (Wildman–Crippen LogP) is 3.26. The SMILES string of the molecule is CC(Cc1ccccc1)NC(C)c1ccc(C(=O)O)o1. The summed E-state index contributed by atoms with van der Waals surface area (Å²) in [4.78, 5) is 10.8. The minimum atomic E-state index is -1.04. The summed E-state index contributed by atoms with van der Waals surface area (Å²) in [5, 5.41) is 12.3. The average Bonchev–Trinajstić information content (AvgIpc) is 2.89. The molecule has 0 aliphatic heterocycles. The molecule has 0 fully saturated rings. The maximum atomic E-state index is 10.8. The van der Waals surface area contributed by atoms with Gasteiger partial charge in [0.05, 0.1) is 6.04 Å². The van der Waals surface area contributed by atoms with Crippen LogP contribution in [0.3, 0.4) is 0 Å². The smallest absolute Gasteiger partial charge is 0.371 e. The quantitative estimate of drug-likeness (QED) is 0.848. The molecule has 1 aromatic heterocycles. The molecule has 4 nitrogen and oxygen atoms in total. The number of carbonyl (C=O) groups is 1. The maximum Gasteiger partial charge on any atom is 0.371 e. The van der Waals surface area contributed by atoms with Gasteiger partial charge in [0.2, 0.25) is 5.76 Å². The van der Waals surface area contributed by atoms with Gasteiger partial charge in [0.15, 0.2) is 0 Å². The summed E-state index contributed by atoms with van der Waals surface area (Å²) in [6, 6.07) is 13.7. The Morgan fingerprint density at radius 2 is 1.90 bits per heavy atom. The van der Waals surface area contributed by atoms with Crippen molar-refractivity contribution in [2.75, 3.05) is 0 Å². The summed E-state index contributed by atoms with van der Waals surface area (Å²) < 4.78 is 5.30. The third kappa shape index (κ3) is 3.71. The van der Waals surface area contributed by atoms with Crippen LogP contribution >= 0.6 is 0 Å². The van der Waals surface area contributed by atoms with Crippen LogP contribution in [0.2, 0.25) is 0 Å². The summed E-state index contributed by atoms with van der Waals surface area (Å²) in [6.45, 7) is 4.07. The van der Waals surface area contributed by atoms with E-state index in [0.29, 0.717) is 5.76 Å². The van der Waals surface area contributed by atoms with Crippen molar-refractivity contribution in [1.29, 1.82) is 0 Å². The zero-order chi connectivity index (χ0) is 14.5.